The molecule has 0 unspecified atom stereocenters. The highest BCUT2D eigenvalue weighted by atomic mass is 19.1. The molecule has 0 heterocycles. The molecular weight excluding hydrogens is 253 g/mol. The fourth-order valence-corrected chi connectivity index (χ4v) is 2.64. The minimum Gasteiger partial charge on any atom is -0.379 e. The van der Waals surface area contributed by atoms with Gasteiger partial charge in [0.1, 0.15) is 5.82 Å². The number of nitrogens with one attached hydrogen (secondary N) is 1. The molecule has 0 aromatic heterocycles. The molecule has 0 atom stereocenters. The molecule has 1 fully saturated rings. The number of benzene rings is 1. The average Bonchev–Trinajstić information content (AvgIpc) is 2.37. The van der Waals surface area contributed by atoms with Gasteiger partial charge >= 0.3 is 0 Å². The maximum Gasteiger partial charge on any atom is 0.123 e. The molecule has 112 valence electrons. The van der Waals surface area contributed by atoms with Crippen molar-refractivity contribution < 1.29 is 9.13 Å². The first-order valence-corrected chi connectivity index (χ1v) is 7.75. The zero-order chi connectivity index (χ0) is 14.4. The van der Waals surface area contributed by atoms with Crippen molar-refractivity contribution in [2.45, 2.75) is 57.6 Å². The second kappa shape index (κ2) is 7.75. The normalized spacial score (nSPS) is 22.0. The van der Waals surface area contributed by atoms with Crippen molar-refractivity contribution in [2.24, 2.45) is 0 Å². The zero-order valence-corrected chi connectivity index (χ0v) is 12.6. The average molecular weight is 279 g/mol. The molecule has 1 aromatic rings. The van der Waals surface area contributed by atoms with E-state index < -0.39 is 0 Å². The minimum atomic E-state index is -0.147. The SMILES string of the molecule is CC(C)OCCCCNC1CC(c2ccc(F)cc2)C1. The third-order valence-electron chi connectivity index (χ3n) is 3.93. The van der Waals surface area contributed by atoms with Crippen molar-refractivity contribution in [2.75, 3.05) is 13.2 Å². The minimum absolute atomic E-state index is 0.147. The Labute approximate surface area is 121 Å². The van der Waals surface area contributed by atoms with Crippen LogP contribution >= 0.6 is 0 Å². The van der Waals surface area contributed by atoms with Gasteiger partial charge < -0.3 is 10.1 Å². The van der Waals surface area contributed by atoms with Crippen LogP contribution in [0.15, 0.2) is 24.3 Å². The van der Waals surface area contributed by atoms with E-state index in [4.69, 9.17) is 4.74 Å². The van der Waals surface area contributed by atoms with E-state index in [1.807, 2.05) is 12.1 Å². The van der Waals surface area contributed by atoms with E-state index >= 15 is 0 Å². The van der Waals surface area contributed by atoms with Crippen molar-refractivity contribution >= 4 is 0 Å². The number of halogens is 1. The van der Waals surface area contributed by atoms with Gasteiger partial charge in [-0.1, -0.05) is 12.1 Å². The molecule has 3 heteroatoms. The first-order valence-electron chi connectivity index (χ1n) is 7.75. The van der Waals surface area contributed by atoms with Gasteiger partial charge in [-0.25, -0.2) is 4.39 Å². The number of unbranched alkanes of at least 4 members (excludes halogenated alkanes) is 1. The van der Waals surface area contributed by atoms with Gasteiger partial charge in [0.05, 0.1) is 6.10 Å². The summed E-state index contributed by atoms with van der Waals surface area (Å²) in [6.07, 6.45) is 4.98. The molecule has 2 nitrogen and oxygen atoms in total. The molecule has 0 spiro atoms. The molecule has 0 radical (unpaired) electrons. The molecule has 2 rings (SSSR count). The summed E-state index contributed by atoms with van der Waals surface area (Å²) in [6, 6.07) is 7.59. The lowest BCUT2D eigenvalue weighted by atomic mass is 9.76. The van der Waals surface area contributed by atoms with Gasteiger partial charge in [0, 0.05) is 12.6 Å². The highest BCUT2D eigenvalue weighted by Crippen LogP contribution is 2.36. The summed E-state index contributed by atoms with van der Waals surface area (Å²) in [5, 5.41) is 3.59. The predicted molar refractivity (Wildman–Crippen MR) is 80.5 cm³/mol. The zero-order valence-electron chi connectivity index (χ0n) is 12.6. The predicted octanol–water partition coefficient (Wildman–Crippen LogP) is 3.87. The lowest BCUT2D eigenvalue weighted by molar-refractivity contribution is 0.0757. The topological polar surface area (TPSA) is 21.3 Å². The maximum absolute atomic E-state index is 12.8. The Bertz CT molecular complexity index is 384. The fraction of sp³-hybridized carbons (Fsp3) is 0.647. The summed E-state index contributed by atoms with van der Waals surface area (Å²) in [5.41, 5.74) is 1.27. The summed E-state index contributed by atoms with van der Waals surface area (Å²) in [6.45, 7) is 6.08. The van der Waals surface area contributed by atoms with Gasteiger partial charge in [-0.2, -0.15) is 0 Å². The standard InChI is InChI=1S/C17H26FNO/c1-13(2)20-10-4-3-9-19-17-11-15(12-17)14-5-7-16(18)8-6-14/h5-8,13,15,17,19H,3-4,9-12H2,1-2H3. The van der Waals surface area contributed by atoms with E-state index in [1.54, 1.807) is 12.1 Å². The van der Waals surface area contributed by atoms with Gasteiger partial charge in [0.15, 0.2) is 0 Å². The lowest BCUT2D eigenvalue weighted by Crippen LogP contribution is -2.40. The third kappa shape index (κ3) is 4.88. The molecule has 1 aliphatic rings. The number of hydrogen-bond donors (Lipinski definition) is 1. The Morgan fingerprint density at radius 3 is 2.55 bits per heavy atom. The monoisotopic (exact) mass is 279 g/mol. The Kier molecular flexibility index (Phi) is 5.99. The second-order valence-electron chi connectivity index (χ2n) is 6.00. The molecule has 1 aromatic carbocycles. The molecule has 1 saturated carbocycles. The quantitative estimate of drug-likeness (QED) is 0.729. The Morgan fingerprint density at radius 1 is 1.20 bits per heavy atom. The van der Waals surface area contributed by atoms with E-state index in [0.29, 0.717) is 18.1 Å². The van der Waals surface area contributed by atoms with Gasteiger partial charge in [-0.3, -0.25) is 0 Å². The summed E-state index contributed by atoms with van der Waals surface area (Å²) >= 11 is 0. The number of rotatable bonds is 8. The van der Waals surface area contributed by atoms with Crippen LogP contribution in [0.2, 0.25) is 0 Å². The maximum atomic E-state index is 12.8. The summed E-state index contributed by atoms with van der Waals surface area (Å²) in [4.78, 5) is 0. The van der Waals surface area contributed by atoms with Crippen molar-refractivity contribution in [3.63, 3.8) is 0 Å². The summed E-state index contributed by atoms with van der Waals surface area (Å²) in [7, 11) is 0. The van der Waals surface area contributed by atoms with Gasteiger partial charge in [-0.05, 0) is 69.7 Å². The van der Waals surface area contributed by atoms with E-state index in [0.717, 1.165) is 19.6 Å². The van der Waals surface area contributed by atoms with Crippen LogP contribution in [0.4, 0.5) is 4.39 Å². The van der Waals surface area contributed by atoms with Crippen LogP contribution < -0.4 is 5.32 Å². The van der Waals surface area contributed by atoms with Crippen LogP contribution in [0.1, 0.15) is 51.0 Å². The Balaban J connectivity index is 1.52. The summed E-state index contributed by atoms with van der Waals surface area (Å²) in [5.74, 6) is 0.462. The first kappa shape index (κ1) is 15.5. The van der Waals surface area contributed by atoms with Gasteiger partial charge in [0.2, 0.25) is 0 Å². The van der Waals surface area contributed by atoms with E-state index in [2.05, 4.69) is 19.2 Å². The Morgan fingerprint density at radius 2 is 1.90 bits per heavy atom. The highest BCUT2D eigenvalue weighted by Gasteiger charge is 2.29. The van der Waals surface area contributed by atoms with Crippen LogP contribution in [0.25, 0.3) is 0 Å². The third-order valence-corrected chi connectivity index (χ3v) is 3.93. The highest BCUT2D eigenvalue weighted by molar-refractivity contribution is 5.23. The van der Waals surface area contributed by atoms with Crippen LogP contribution in [0, 0.1) is 5.82 Å². The molecule has 0 bridgehead atoms. The largest absolute Gasteiger partial charge is 0.379 e. The smallest absolute Gasteiger partial charge is 0.123 e. The van der Waals surface area contributed by atoms with Crippen LogP contribution in [-0.4, -0.2) is 25.3 Å². The van der Waals surface area contributed by atoms with Crippen molar-refractivity contribution in [3.8, 4) is 0 Å². The van der Waals surface area contributed by atoms with Gasteiger partial charge in [0.25, 0.3) is 0 Å². The lowest BCUT2D eigenvalue weighted by Gasteiger charge is -2.36. The molecule has 0 amide bonds. The second-order valence-corrected chi connectivity index (χ2v) is 6.00. The molecule has 0 aliphatic heterocycles. The molecule has 20 heavy (non-hydrogen) atoms. The van der Waals surface area contributed by atoms with Crippen molar-refractivity contribution in [1.29, 1.82) is 0 Å². The fourth-order valence-electron chi connectivity index (χ4n) is 2.64. The van der Waals surface area contributed by atoms with Gasteiger partial charge in [-0.15, -0.1) is 0 Å². The summed E-state index contributed by atoms with van der Waals surface area (Å²) < 4.78 is 18.4. The molecule has 1 aliphatic carbocycles. The molecule has 0 saturated heterocycles. The number of ether oxygens (including phenoxy) is 1. The van der Waals surface area contributed by atoms with E-state index in [1.165, 1.54) is 24.8 Å². The first-order chi connectivity index (χ1) is 9.65. The molecule has 1 N–H and O–H groups in total. The van der Waals surface area contributed by atoms with E-state index in [-0.39, 0.29) is 5.82 Å². The van der Waals surface area contributed by atoms with Crippen LogP contribution in [0.5, 0.6) is 0 Å². The van der Waals surface area contributed by atoms with Crippen molar-refractivity contribution in [3.05, 3.63) is 35.6 Å². The van der Waals surface area contributed by atoms with Crippen LogP contribution in [0.3, 0.4) is 0 Å². The Hall–Kier alpha value is -0.930. The molecular formula is C17H26FNO. The van der Waals surface area contributed by atoms with Crippen LogP contribution in [-0.2, 0) is 4.74 Å². The van der Waals surface area contributed by atoms with Crippen molar-refractivity contribution in [1.82, 2.24) is 5.32 Å². The number of hydrogen-bond acceptors (Lipinski definition) is 2. The van der Waals surface area contributed by atoms with E-state index in [9.17, 15) is 4.39 Å².